The lowest BCUT2D eigenvalue weighted by Gasteiger charge is -2.05. The van der Waals surface area contributed by atoms with Gasteiger partial charge in [-0.05, 0) is 19.4 Å². The van der Waals surface area contributed by atoms with E-state index >= 15 is 0 Å². The van der Waals surface area contributed by atoms with Gasteiger partial charge in [-0.1, -0.05) is 25.7 Å². The van der Waals surface area contributed by atoms with Gasteiger partial charge in [0.15, 0.2) is 9.76 Å². The minimum absolute atomic E-state index is 0.284. The summed E-state index contributed by atoms with van der Waals surface area (Å²) >= 11 is 0. The van der Waals surface area contributed by atoms with Crippen LogP contribution in [-0.4, -0.2) is 22.5 Å². The summed E-state index contributed by atoms with van der Waals surface area (Å²) in [6.45, 7) is 2.79. The van der Waals surface area contributed by atoms with Gasteiger partial charge in [0.1, 0.15) is 0 Å². The van der Waals surface area contributed by atoms with Crippen LogP contribution >= 0.6 is 0 Å². The summed E-state index contributed by atoms with van der Waals surface area (Å²) in [6.07, 6.45) is -0.503. The Bertz CT molecular complexity index is 139. The Balaban J connectivity index is 2.99. The fraction of sp³-hybridized carbons (Fsp3) is 1.00. The lowest BCUT2D eigenvalue weighted by atomic mass is 10.1. The van der Waals surface area contributed by atoms with Gasteiger partial charge in [-0.2, -0.15) is 13.2 Å². The standard InChI is InChI=1S/C10H21F3OSi/c1-2-14-15-9-7-5-3-4-6-8-10(11,12)13/h2-9,15H2,1H3. The average Bonchev–Trinajstić information content (AvgIpc) is 2.14. The molecule has 0 heterocycles. The van der Waals surface area contributed by atoms with E-state index in [0.717, 1.165) is 31.9 Å². The topological polar surface area (TPSA) is 9.23 Å². The first-order valence-electron chi connectivity index (χ1n) is 5.70. The highest BCUT2D eigenvalue weighted by Crippen LogP contribution is 2.23. The molecule has 0 radical (unpaired) electrons. The van der Waals surface area contributed by atoms with E-state index in [-0.39, 0.29) is 16.2 Å². The van der Waals surface area contributed by atoms with Crippen LogP contribution in [0.5, 0.6) is 0 Å². The van der Waals surface area contributed by atoms with Gasteiger partial charge in [-0.15, -0.1) is 0 Å². The zero-order chi connectivity index (χ0) is 11.6. The number of halogens is 3. The molecule has 0 N–H and O–H groups in total. The van der Waals surface area contributed by atoms with Crippen molar-refractivity contribution >= 4 is 9.76 Å². The summed E-state index contributed by atoms with van der Waals surface area (Å²) in [5, 5.41) is 0. The summed E-state index contributed by atoms with van der Waals surface area (Å²) in [4.78, 5) is 0. The van der Waals surface area contributed by atoms with E-state index in [1.807, 2.05) is 6.92 Å². The normalized spacial score (nSPS) is 12.8. The van der Waals surface area contributed by atoms with Gasteiger partial charge < -0.3 is 4.43 Å². The molecule has 0 saturated carbocycles. The maximum atomic E-state index is 11.8. The molecule has 0 fully saturated rings. The molecule has 92 valence electrons. The van der Waals surface area contributed by atoms with Crippen LogP contribution in [0.15, 0.2) is 0 Å². The summed E-state index contributed by atoms with van der Waals surface area (Å²) in [5.74, 6) is 0. The van der Waals surface area contributed by atoms with E-state index in [4.69, 9.17) is 4.43 Å². The molecule has 0 spiro atoms. The molecule has 0 bridgehead atoms. The van der Waals surface area contributed by atoms with E-state index < -0.39 is 12.6 Å². The molecule has 0 rings (SSSR count). The van der Waals surface area contributed by atoms with Gasteiger partial charge >= 0.3 is 6.18 Å². The van der Waals surface area contributed by atoms with E-state index in [9.17, 15) is 13.2 Å². The molecule has 0 amide bonds. The SMILES string of the molecule is CCO[SiH2]CCCCCCCC(F)(F)F. The molecule has 5 heteroatoms. The molecule has 0 unspecified atom stereocenters. The third kappa shape index (κ3) is 14.0. The minimum atomic E-state index is -3.97. The van der Waals surface area contributed by atoms with Crippen molar-refractivity contribution in [3.63, 3.8) is 0 Å². The molecule has 0 saturated heterocycles. The molecule has 0 aliphatic carbocycles. The van der Waals surface area contributed by atoms with Gasteiger partial charge in [0.25, 0.3) is 0 Å². The van der Waals surface area contributed by atoms with Crippen LogP contribution in [-0.2, 0) is 4.43 Å². The van der Waals surface area contributed by atoms with Crippen molar-refractivity contribution in [2.75, 3.05) is 6.61 Å². The van der Waals surface area contributed by atoms with Crippen molar-refractivity contribution in [2.24, 2.45) is 0 Å². The van der Waals surface area contributed by atoms with E-state index in [1.165, 1.54) is 0 Å². The molecule has 0 atom stereocenters. The van der Waals surface area contributed by atoms with Gasteiger partial charge in [0, 0.05) is 13.0 Å². The molecule has 0 aromatic carbocycles. The summed E-state index contributed by atoms with van der Waals surface area (Å²) in [5.41, 5.74) is 0. The fourth-order valence-electron chi connectivity index (χ4n) is 1.38. The number of hydrogen-bond acceptors (Lipinski definition) is 1. The summed E-state index contributed by atoms with van der Waals surface area (Å²) in [6, 6.07) is 1.16. The molecule has 0 aliphatic heterocycles. The molecule has 0 aromatic heterocycles. The summed E-state index contributed by atoms with van der Waals surface area (Å²) < 4.78 is 40.6. The highest BCUT2D eigenvalue weighted by molar-refractivity contribution is 6.26. The Morgan fingerprint density at radius 2 is 1.60 bits per heavy atom. The maximum Gasteiger partial charge on any atom is 0.389 e. The maximum absolute atomic E-state index is 11.8. The fourth-order valence-corrected chi connectivity index (χ4v) is 2.43. The van der Waals surface area contributed by atoms with E-state index in [1.54, 1.807) is 0 Å². The van der Waals surface area contributed by atoms with Crippen molar-refractivity contribution in [2.45, 2.75) is 57.7 Å². The molecule has 0 aromatic rings. The second-order valence-electron chi connectivity index (χ2n) is 3.68. The molecule has 1 nitrogen and oxygen atoms in total. The predicted octanol–water partition coefficient (Wildman–Crippen LogP) is 3.43. The Morgan fingerprint density at radius 1 is 1.00 bits per heavy atom. The minimum Gasteiger partial charge on any atom is -0.424 e. The molecular weight excluding hydrogens is 221 g/mol. The first-order chi connectivity index (χ1) is 7.06. The van der Waals surface area contributed by atoms with Gasteiger partial charge in [-0.3, -0.25) is 0 Å². The van der Waals surface area contributed by atoms with Crippen LogP contribution in [0.1, 0.15) is 45.4 Å². The zero-order valence-corrected chi connectivity index (χ0v) is 10.8. The molecular formula is C10H21F3OSi. The van der Waals surface area contributed by atoms with Crippen molar-refractivity contribution in [1.82, 2.24) is 0 Å². The smallest absolute Gasteiger partial charge is 0.389 e. The van der Waals surface area contributed by atoms with E-state index in [2.05, 4.69) is 0 Å². The Labute approximate surface area is 92.3 Å². The lowest BCUT2D eigenvalue weighted by molar-refractivity contribution is -0.135. The van der Waals surface area contributed by atoms with Crippen LogP contribution in [0.2, 0.25) is 6.04 Å². The Kier molecular flexibility index (Phi) is 9.19. The number of alkyl halides is 3. The largest absolute Gasteiger partial charge is 0.424 e. The molecule has 15 heavy (non-hydrogen) atoms. The zero-order valence-electron chi connectivity index (χ0n) is 9.41. The van der Waals surface area contributed by atoms with Crippen molar-refractivity contribution in [3.8, 4) is 0 Å². The number of unbranched alkanes of at least 4 members (excludes halogenated alkanes) is 4. The van der Waals surface area contributed by atoms with Crippen LogP contribution in [0.4, 0.5) is 13.2 Å². The second-order valence-corrected chi connectivity index (χ2v) is 5.21. The highest BCUT2D eigenvalue weighted by atomic mass is 28.2. The number of hydrogen-bond donors (Lipinski definition) is 0. The first-order valence-corrected chi connectivity index (χ1v) is 7.28. The average molecular weight is 242 g/mol. The lowest BCUT2D eigenvalue weighted by Crippen LogP contribution is -2.06. The predicted molar refractivity (Wildman–Crippen MR) is 58.7 cm³/mol. The van der Waals surface area contributed by atoms with Crippen LogP contribution in [0.25, 0.3) is 0 Å². The third-order valence-corrected chi connectivity index (χ3v) is 3.69. The Hall–Kier alpha value is -0.0331. The van der Waals surface area contributed by atoms with Gasteiger partial charge in [-0.25, -0.2) is 0 Å². The van der Waals surface area contributed by atoms with Gasteiger partial charge in [0.05, 0.1) is 0 Å². The van der Waals surface area contributed by atoms with E-state index in [0.29, 0.717) is 6.42 Å². The van der Waals surface area contributed by atoms with Gasteiger partial charge in [0.2, 0.25) is 0 Å². The van der Waals surface area contributed by atoms with Crippen LogP contribution in [0.3, 0.4) is 0 Å². The first kappa shape index (κ1) is 15.0. The summed E-state index contributed by atoms with van der Waals surface area (Å²) in [7, 11) is -0.331. The van der Waals surface area contributed by atoms with Crippen LogP contribution in [0, 0.1) is 0 Å². The highest BCUT2D eigenvalue weighted by Gasteiger charge is 2.25. The second kappa shape index (κ2) is 9.21. The molecule has 0 aliphatic rings. The van der Waals surface area contributed by atoms with Crippen molar-refractivity contribution < 1.29 is 17.6 Å². The third-order valence-electron chi connectivity index (χ3n) is 2.20. The monoisotopic (exact) mass is 242 g/mol. The number of rotatable bonds is 9. The Morgan fingerprint density at radius 3 is 2.20 bits per heavy atom. The quantitative estimate of drug-likeness (QED) is 0.444. The van der Waals surface area contributed by atoms with Crippen molar-refractivity contribution in [1.29, 1.82) is 0 Å². The van der Waals surface area contributed by atoms with Crippen LogP contribution < -0.4 is 0 Å². The van der Waals surface area contributed by atoms with Crippen molar-refractivity contribution in [3.05, 3.63) is 0 Å².